The topological polar surface area (TPSA) is 6.48 Å². The smallest absolute Gasteiger partial charge is 0.0249 e. The molecule has 1 aliphatic carbocycles. The molecule has 2 rings (SSSR count). The summed E-state index contributed by atoms with van der Waals surface area (Å²) >= 11 is 0. The molecule has 1 unspecified atom stereocenters. The second-order valence-corrected chi connectivity index (χ2v) is 5.40. The molecule has 1 heterocycles. The minimum Gasteiger partial charge on any atom is -0.304 e. The first-order valence-electron chi connectivity index (χ1n) is 6.13. The van der Waals surface area contributed by atoms with Crippen molar-refractivity contribution >= 4 is 0 Å². The van der Waals surface area contributed by atoms with Crippen LogP contribution < -0.4 is 0 Å². The van der Waals surface area contributed by atoms with Gasteiger partial charge in [0.15, 0.2) is 0 Å². The molecular weight excluding hydrogens is 172 g/mol. The standard InChI is InChI=1S/C12H24N2/c1-10(2)12-9-13(3)7-8-14(12)11-5-4-6-11/h10-12H,4-9H2,1-3H3. The van der Waals surface area contributed by atoms with Crippen molar-refractivity contribution in [1.82, 2.24) is 9.80 Å². The van der Waals surface area contributed by atoms with E-state index in [1.165, 1.54) is 38.9 Å². The third kappa shape index (κ3) is 1.96. The first kappa shape index (κ1) is 10.4. The van der Waals surface area contributed by atoms with Crippen LogP contribution in [0, 0.1) is 5.92 Å². The van der Waals surface area contributed by atoms with E-state index in [9.17, 15) is 0 Å². The van der Waals surface area contributed by atoms with E-state index in [1.54, 1.807) is 0 Å². The predicted octanol–water partition coefficient (Wildman–Crippen LogP) is 1.81. The lowest BCUT2D eigenvalue weighted by Crippen LogP contribution is -2.58. The average molecular weight is 196 g/mol. The average Bonchev–Trinajstić information content (AvgIpc) is 2.04. The van der Waals surface area contributed by atoms with Gasteiger partial charge in [-0.05, 0) is 25.8 Å². The van der Waals surface area contributed by atoms with Crippen LogP contribution in [0.25, 0.3) is 0 Å². The van der Waals surface area contributed by atoms with Crippen molar-refractivity contribution in [3.63, 3.8) is 0 Å². The fraction of sp³-hybridized carbons (Fsp3) is 1.00. The third-order valence-corrected chi connectivity index (χ3v) is 3.98. The normalized spacial score (nSPS) is 32.1. The van der Waals surface area contributed by atoms with Crippen molar-refractivity contribution < 1.29 is 0 Å². The summed E-state index contributed by atoms with van der Waals surface area (Å²) in [5.74, 6) is 0.804. The van der Waals surface area contributed by atoms with Gasteiger partial charge in [-0.3, -0.25) is 4.90 Å². The summed E-state index contributed by atoms with van der Waals surface area (Å²) in [7, 11) is 2.26. The number of rotatable bonds is 2. The van der Waals surface area contributed by atoms with Gasteiger partial charge < -0.3 is 4.90 Å². The Morgan fingerprint density at radius 1 is 1.14 bits per heavy atom. The minimum atomic E-state index is 0.804. The summed E-state index contributed by atoms with van der Waals surface area (Å²) in [6.07, 6.45) is 4.36. The zero-order chi connectivity index (χ0) is 10.1. The van der Waals surface area contributed by atoms with Gasteiger partial charge in [0.2, 0.25) is 0 Å². The first-order chi connectivity index (χ1) is 6.68. The van der Waals surface area contributed by atoms with Gasteiger partial charge >= 0.3 is 0 Å². The molecule has 0 aromatic rings. The fourth-order valence-corrected chi connectivity index (χ4v) is 2.73. The van der Waals surface area contributed by atoms with Gasteiger partial charge in [0.05, 0.1) is 0 Å². The Morgan fingerprint density at radius 3 is 2.36 bits per heavy atom. The Bertz CT molecular complexity index is 187. The van der Waals surface area contributed by atoms with Crippen LogP contribution in [0.3, 0.4) is 0 Å². The first-order valence-corrected chi connectivity index (χ1v) is 6.13. The lowest BCUT2D eigenvalue weighted by Gasteiger charge is -2.49. The lowest BCUT2D eigenvalue weighted by molar-refractivity contribution is 0.00157. The summed E-state index contributed by atoms with van der Waals surface area (Å²) < 4.78 is 0. The van der Waals surface area contributed by atoms with Crippen LogP contribution in [-0.2, 0) is 0 Å². The van der Waals surface area contributed by atoms with Gasteiger partial charge in [-0.25, -0.2) is 0 Å². The van der Waals surface area contributed by atoms with Crippen molar-refractivity contribution in [3.8, 4) is 0 Å². The van der Waals surface area contributed by atoms with E-state index in [-0.39, 0.29) is 0 Å². The molecule has 2 fully saturated rings. The van der Waals surface area contributed by atoms with Crippen molar-refractivity contribution in [2.45, 2.75) is 45.2 Å². The Morgan fingerprint density at radius 2 is 1.86 bits per heavy atom. The van der Waals surface area contributed by atoms with Crippen molar-refractivity contribution in [2.75, 3.05) is 26.7 Å². The summed E-state index contributed by atoms with van der Waals surface area (Å²) in [6, 6.07) is 1.73. The molecule has 1 aliphatic heterocycles. The molecule has 14 heavy (non-hydrogen) atoms. The molecule has 0 bridgehead atoms. The molecule has 82 valence electrons. The summed E-state index contributed by atoms with van der Waals surface area (Å²) in [5, 5.41) is 0. The highest BCUT2D eigenvalue weighted by molar-refractivity contribution is 4.90. The lowest BCUT2D eigenvalue weighted by atomic mass is 9.87. The van der Waals surface area contributed by atoms with Crippen LogP contribution in [0.2, 0.25) is 0 Å². The molecule has 0 amide bonds. The Balaban J connectivity index is 1.98. The van der Waals surface area contributed by atoms with E-state index in [0.29, 0.717) is 0 Å². The van der Waals surface area contributed by atoms with Crippen LogP contribution in [0.1, 0.15) is 33.1 Å². The molecule has 0 spiro atoms. The molecule has 1 saturated heterocycles. The highest BCUT2D eigenvalue weighted by Gasteiger charge is 2.34. The van der Waals surface area contributed by atoms with Gasteiger partial charge in [-0.2, -0.15) is 0 Å². The second kappa shape index (κ2) is 4.19. The molecule has 2 aliphatic rings. The van der Waals surface area contributed by atoms with Gasteiger partial charge in [0, 0.05) is 31.7 Å². The molecule has 0 radical (unpaired) electrons. The molecule has 2 nitrogen and oxygen atoms in total. The minimum absolute atomic E-state index is 0.804. The number of likely N-dealkylation sites (N-methyl/N-ethyl adjacent to an activating group) is 1. The van der Waals surface area contributed by atoms with E-state index in [1.807, 2.05) is 0 Å². The predicted molar refractivity (Wildman–Crippen MR) is 60.5 cm³/mol. The summed E-state index contributed by atoms with van der Waals surface area (Å²) in [6.45, 7) is 8.57. The van der Waals surface area contributed by atoms with E-state index in [2.05, 4.69) is 30.7 Å². The van der Waals surface area contributed by atoms with Crippen LogP contribution >= 0.6 is 0 Å². The molecule has 1 atom stereocenters. The second-order valence-electron chi connectivity index (χ2n) is 5.40. The van der Waals surface area contributed by atoms with Crippen LogP contribution in [0.15, 0.2) is 0 Å². The van der Waals surface area contributed by atoms with Gasteiger partial charge in [-0.1, -0.05) is 20.3 Å². The molecule has 1 saturated carbocycles. The maximum atomic E-state index is 2.79. The van der Waals surface area contributed by atoms with E-state index in [4.69, 9.17) is 0 Å². The van der Waals surface area contributed by atoms with E-state index < -0.39 is 0 Å². The maximum absolute atomic E-state index is 2.79. The van der Waals surface area contributed by atoms with Crippen molar-refractivity contribution in [3.05, 3.63) is 0 Å². The Kier molecular flexibility index (Phi) is 3.13. The number of hydrogen-bond donors (Lipinski definition) is 0. The molecule has 2 heteroatoms. The highest BCUT2D eigenvalue weighted by atomic mass is 15.3. The zero-order valence-electron chi connectivity index (χ0n) is 9.87. The molecule has 0 aromatic heterocycles. The van der Waals surface area contributed by atoms with Gasteiger partial charge in [0.1, 0.15) is 0 Å². The quantitative estimate of drug-likeness (QED) is 0.664. The maximum Gasteiger partial charge on any atom is 0.0249 e. The van der Waals surface area contributed by atoms with Gasteiger partial charge in [0.25, 0.3) is 0 Å². The molecule has 0 N–H and O–H groups in total. The van der Waals surface area contributed by atoms with E-state index in [0.717, 1.165) is 18.0 Å². The van der Waals surface area contributed by atoms with Crippen LogP contribution in [0.5, 0.6) is 0 Å². The summed E-state index contributed by atoms with van der Waals surface area (Å²) in [5.41, 5.74) is 0. The van der Waals surface area contributed by atoms with Crippen molar-refractivity contribution in [2.24, 2.45) is 5.92 Å². The number of hydrogen-bond acceptors (Lipinski definition) is 2. The number of nitrogens with zero attached hydrogens (tertiary/aromatic N) is 2. The molecular formula is C12H24N2. The number of piperazine rings is 1. The largest absolute Gasteiger partial charge is 0.304 e. The Hall–Kier alpha value is -0.0800. The Labute approximate surface area is 88.3 Å². The fourth-order valence-electron chi connectivity index (χ4n) is 2.73. The highest BCUT2D eigenvalue weighted by Crippen LogP contribution is 2.30. The third-order valence-electron chi connectivity index (χ3n) is 3.98. The SMILES string of the molecule is CC(C)C1CN(C)CCN1C1CCC1. The molecule has 0 aromatic carbocycles. The monoisotopic (exact) mass is 196 g/mol. The van der Waals surface area contributed by atoms with Crippen LogP contribution in [-0.4, -0.2) is 48.6 Å². The summed E-state index contributed by atoms with van der Waals surface area (Å²) in [4.78, 5) is 5.27. The zero-order valence-corrected chi connectivity index (χ0v) is 9.87. The van der Waals surface area contributed by atoms with Gasteiger partial charge in [-0.15, -0.1) is 0 Å². The van der Waals surface area contributed by atoms with Crippen molar-refractivity contribution in [1.29, 1.82) is 0 Å². The van der Waals surface area contributed by atoms with E-state index >= 15 is 0 Å². The van der Waals surface area contributed by atoms with Crippen LogP contribution in [0.4, 0.5) is 0 Å².